The highest BCUT2D eigenvalue weighted by atomic mass is 16.5. The predicted molar refractivity (Wildman–Crippen MR) is 155 cm³/mol. The van der Waals surface area contributed by atoms with Gasteiger partial charge in [-0.1, -0.05) is 43.3 Å². The first-order valence-electron chi connectivity index (χ1n) is 13.6. The molecule has 41 heavy (non-hydrogen) atoms. The minimum absolute atomic E-state index is 0.380. The van der Waals surface area contributed by atoms with E-state index in [0.717, 1.165) is 6.42 Å². The lowest BCUT2D eigenvalue weighted by atomic mass is 9.61. The number of nitrogens with one attached hydrogen (secondary N) is 2. The molecule has 9 heteroatoms. The van der Waals surface area contributed by atoms with Crippen molar-refractivity contribution in [3.05, 3.63) is 78.4 Å². The van der Waals surface area contributed by atoms with Crippen LogP contribution >= 0.6 is 0 Å². The van der Waals surface area contributed by atoms with Crippen molar-refractivity contribution in [2.45, 2.75) is 38.2 Å². The third kappa shape index (κ3) is 6.52. The lowest BCUT2D eigenvalue weighted by Gasteiger charge is -2.44. The van der Waals surface area contributed by atoms with E-state index in [0.29, 0.717) is 40.8 Å². The Morgan fingerprint density at radius 1 is 0.878 bits per heavy atom. The number of methoxy groups -OCH3 is 2. The van der Waals surface area contributed by atoms with E-state index in [4.69, 9.17) is 14.2 Å². The summed E-state index contributed by atoms with van der Waals surface area (Å²) in [6, 6.07) is 20.7. The van der Waals surface area contributed by atoms with Gasteiger partial charge >= 0.3 is 0 Å². The van der Waals surface area contributed by atoms with Crippen molar-refractivity contribution in [2.24, 2.45) is 11.8 Å². The van der Waals surface area contributed by atoms with E-state index < -0.39 is 41.0 Å². The molecule has 1 saturated carbocycles. The number of hydrogen-bond acceptors (Lipinski definition) is 7. The van der Waals surface area contributed by atoms with Crippen molar-refractivity contribution in [1.82, 2.24) is 0 Å². The minimum Gasteiger partial charge on any atom is -0.495 e. The standard InChI is InChI=1S/C32H36N2O7/c1-5-18-41-21-16-14-20(15-17-21)27-28(30(36)33-22-10-6-8-12-25(22)39-3)24(35)19-32(2,38)29(27)31(37)34-23-11-7-9-13-26(23)40-4/h6-17,27-29,38H,5,18-19H2,1-4H3,(H,33,36)(H,34,37). The van der Waals surface area contributed by atoms with Crippen LogP contribution in [0, 0.1) is 11.8 Å². The van der Waals surface area contributed by atoms with E-state index in [1.54, 1.807) is 72.8 Å². The van der Waals surface area contributed by atoms with Crippen molar-refractivity contribution < 1.29 is 33.7 Å². The molecule has 4 unspecified atom stereocenters. The van der Waals surface area contributed by atoms with Crippen molar-refractivity contribution in [2.75, 3.05) is 31.5 Å². The monoisotopic (exact) mass is 560 g/mol. The number of rotatable bonds is 10. The highest BCUT2D eigenvalue weighted by Crippen LogP contribution is 2.47. The zero-order valence-electron chi connectivity index (χ0n) is 23.7. The Bertz CT molecular complexity index is 1390. The highest BCUT2D eigenvalue weighted by molar-refractivity contribution is 6.11. The lowest BCUT2D eigenvalue weighted by molar-refractivity contribution is -0.150. The summed E-state index contributed by atoms with van der Waals surface area (Å²) in [6.07, 6.45) is 0.452. The molecule has 4 rings (SSSR count). The fourth-order valence-corrected chi connectivity index (χ4v) is 5.41. The van der Waals surface area contributed by atoms with E-state index in [2.05, 4.69) is 10.6 Å². The third-order valence-corrected chi connectivity index (χ3v) is 7.30. The van der Waals surface area contributed by atoms with Gasteiger partial charge in [0, 0.05) is 12.3 Å². The lowest BCUT2D eigenvalue weighted by Crippen LogP contribution is -2.56. The van der Waals surface area contributed by atoms with E-state index in [-0.39, 0.29) is 6.42 Å². The second kappa shape index (κ2) is 12.9. The number of benzene rings is 3. The summed E-state index contributed by atoms with van der Waals surface area (Å²) in [5.41, 5.74) is -0.401. The predicted octanol–water partition coefficient (Wildman–Crippen LogP) is 4.81. The summed E-state index contributed by atoms with van der Waals surface area (Å²) < 4.78 is 16.5. The van der Waals surface area contributed by atoms with Gasteiger partial charge < -0.3 is 30.0 Å². The number of amides is 2. The van der Waals surface area contributed by atoms with Crippen LogP contribution in [0.25, 0.3) is 0 Å². The second-order valence-corrected chi connectivity index (χ2v) is 10.3. The molecule has 0 saturated heterocycles. The first-order valence-corrected chi connectivity index (χ1v) is 13.6. The van der Waals surface area contributed by atoms with Crippen LogP contribution < -0.4 is 24.8 Å². The molecule has 3 N–H and O–H groups in total. The van der Waals surface area contributed by atoms with Crippen LogP contribution in [-0.4, -0.2) is 49.1 Å². The van der Waals surface area contributed by atoms with Gasteiger partial charge in [-0.3, -0.25) is 14.4 Å². The van der Waals surface area contributed by atoms with Gasteiger partial charge in [0.1, 0.15) is 28.9 Å². The molecule has 1 aliphatic carbocycles. The molecule has 3 aromatic carbocycles. The largest absolute Gasteiger partial charge is 0.495 e. The Balaban J connectivity index is 1.77. The second-order valence-electron chi connectivity index (χ2n) is 10.3. The molecule has 0 aromatic heterocycles. The molecular formula is C32H36N2O7. The maximum atomic E-state index is 14.0. The highest BCUT2D eigenvalue weighted by Gasteiger charge is 2.56. The molecule has 1 fully saturated rings. The summed E-state index contributed by atoms with van der Waals surface area (Å²) in [4.78, 5) is 41.4. The van der Waals surface area contributed by atoms with E-state index in [1.807, 2.05) is 6.92 Å². The molecule has 4 atom stereocenters. The molecule has 216 valence electrons. The van der Waals surface area contributed by atoms with Crippen LogP contribution in [0.15, 0.2) is 72.8 Å². The Hall–Kier alpha value is -4.37. The van der Waals surface area contributed by atoms with Crippen LogP contribution in [0.1, 0.15) is 38.2 Å². The zero-order chi connectivity index (χ0) is 29.6. The fourth-order valence-electron chi connectivity index (χ4n) is 5.41. The van der Waals surface area contributed by atoms with Crippen molar-refractivity contribution in [3.63, 3.8) is 0 Å². The first-order chi connectivity index (χ1) is 19.7. The van der Waals surface area contributed by atoms with Crippen LogP contribution in [0.2, 0.25) is 0 Å². The summed E-state index contributed by atoms with van der Waals surface area (Å²) in [5.74, 6) is -3.55. The molecule has 0 bridgehead atoms. The van der Waals surface area contributed by atoms with Gasteiger partial charge in [-0.15, -0.1) is 0 Å². The Kier molecular flexibility index (Phi) is 9.29. The molecule has 9 nitrogen and oxygen atoms in total. The maximum absolute atomic E-state index is 14.0. The molecule has 1 aliphatic rings. The topological polar surface area (TPSA) is 123 Å². The average Bonchev–Trinajstić information content (AvgIpc) is 2.95. The average molecular weight is 561 g/mol. The van der Waals surface area contributed by atoms with Gasteiger partial charge in [0.2, 0.25) is 11.8 Å². The first kappa shape index (κ1) is 29.6. The fraction of sp³-hybridized carbons (Fsp3) is 0.344. The van der Waals surface area contributed by atoms with Crippen LogP contribution in [0.4, 0.5) is 11.4 Å². The van der Waals surface area contributed by atoms with E-state index >= 15 is 0 Å². The maximum Gasteiger partial charge on any atom is 0.235 e. The smallest absolute Gasteiger partial charge is 0.235 e. The van der Waals surface area contributed by atoms with Gasteiger partial charge in [0.05, 0.1) is 43.7 Å². The number of Topliss-reactive ketones (excluding diaryl/α,β-unsaturated/α-hetero) is 1. The number of carbonyl (C=O) groups is 3. The number of anilines is 2. The normalized spacial score (nSPS) is 22.0. The molecule has 0 spiro atoms. The van der Waals surface area contributed by atoms with Gasteiger partial charge in [0.15, 0.2) is 0 Å². The summed E-state index contributed by atoms with van der Waals surface area (Å²) >= 11 is 0. The van der Waals surface area contributed by atoms with E-state index in [1.165, 1.54) is 21.1 Å². The molecule has 3 aromatic rings. The SMILES string of the molecule is CCCOc1ccc(C2C(C(=O)Nc3ccccc3OC)C(=O)CC(C)(O)C2C(=O)Nc2ccccc2OC)cc1. The van der Waals surface area contributed by atoms with E-state index in [9.17, 15) is 19.5 Å². The molecule has 2 amide bonds. The number of aliphatic hydroxyl groups is 1. The molecule has 0 radical (unpaired) electrons. The number of hydrogen-bond donors (Lipinski definition) is 3. The number of ketones is 1. The zero-order valence-corrected chi connectivity index (χ0v) is 23.7. The molecular weight excluding hydrogens is 524 g/mol. The van der Waals surface area contributed by atoms with Crippen molar-refractivity contribution in [1.29, 1.82) is 0 Å². The third-order valence-electron chi connectivity index (χ3n) is 7.30. The Labute approximate surface area is 239 Å². The minimum atomic E-state index is -1.74. The quantitative estimate of drug-likeness (QED) is 0.304. The number of para-hydroxylation sites is 4. The van der Waals surface area contributed by atoms with Crippen molar-refractivity contribution in [3.8, 4) is 17.2 Å². The van der Waals surface area contributed by atoms with Gasteiger partial charge in [-0.2, -0.15) is 0 Å². The van der Waals surface area contributed by atoms with Gasteiger partial charge in [-0.25, -0.2) is 0 Å². The molecule has 0 heterocycles. The Morgan fingerprint density at radius 3 is 1.95 bits per heavy atom. The summed E-state index contributed by atoms with van der Waals surface area (Å²) in [7, 11) is 2.97. The van der Waals surface area contributed by atoms with Crippen LogP contribution in [0.5, 0.6) is 17.2 Å². The van der Waals surface area contributed by atoms with Gasteiger partial charge in [-0.05, 0) is 55.3 Å². The van der Waals surface area contributed by atoms with Gasteiger partial charge in [0.25, 0.3) is 0 Å². The number of ether oxygens (including phenoxy) is 3. The van der Waals surface area contributed by atoms with Crippen LogP contribution in [0.3, 0.4) is 0 Å². The summed E-state index contributed by atoms with van der Waals surface area (Å²) in [5, 5.41) is 17.2. The Morgan fingerprint density at radius 2 is 1.41 bits per heavy atom. The van der Waals surface area contributed by atoms with Crippen LogP contribution in [-0.2, 0) is 14.4 Å². The molecule has 0 aliphatic heterocycles. The van der Waals surface area contributed by atoms with Crippen molar-refractivity contribution >= 4 is 29.0 Å². The number of carbonyl (C=O) groups excluding carboxylic acids is 3. The summed E-state index contributed by atoms with van der Waals surface area (Å²) in [6.45, 7) is 3.99.